The number of carbonyl (C=O) groups is 12. The van der Waals surface area contributed by atoms with Crippen LogP contribution in [0.15, 0.2) is 10.3 Å². The zero-order chi connectivity index (χ0) is 65.4. The molecule has 0 saturated carbocycles. The minimum Gasteiger partial charge on any atom is -0.465 e. The Morgan fingerprint density at radius 1 is 0.381 bits per heavy atom. The first-order valence-electron chi connectivity index (χ1n) is 28.3. The average Bonchev–Trinajstić information content (AvgIpc) is 3.46. The maximum Gasteiger partial charge on any atom is 0.433 e. The highest BCUT2D eigenvalue weighted by Crippen LogP contribution is 2.22. The Morgan fingerprint density at radius 2 is 0.643 bits per heavy atom. The highest BCUT2D eigenvalue weighted by atomic mass is 16.7. The van der Waals surface area contributed by atoms with Crippen molar-refractivity contribution in [2.45, 2.75) is 163 Å². The van der Waals surface area contributed by atoms with Gasteiger partial charge in [0, 0.05) is 0 Å². The van der Waals surface area contributed by atoms with Gasteiger partial charge in [0.15, 0.2) is 0 Å². The third-order valence-corrected chi connectivity index (χ3v) is 11.6. The zero-order valence-corrected chi connectivity index (χ0v) is 52.9. The minimum atomic E-state index is -1.69. The summed E-state index contributed by atoms with van der Waals surface area (Å²) in [4.78, 5) is 148. The van der Waals surface area contributed by atoms with Gasteiger partial charge in [0.1, 0.15) is 26.4 Å². The van der Waals surface area contributed by atoms with Crippen molar-refractivity contribution in [1.82, 2.24) is 21.3 Å². The van der Waals surface area contributed by atoms with Crippen molar-refractivity contribution in [1.29, 1.82) is 0 Å². The minimum absolute atomic E-state index is 0.0175. The Labute approximate surface area is 495 Å². The maximum atomic E-state index is 12.0. The van der Waals surface area contributed by atoms with Crippen LogP contribution in [0.4, 0.5) is 9.59 Å². The topological polar surface area (TPSA) is 370 Å². The Bertz CT molecular complexity index is 2060. The summed E-state index contributed by atoms with van der Waals surface area (Å²) in [6.07, 6.45) is 2.84. The van der Waals surface area contributed by atoms with Crippen molar-refractivity contribution in [2.75, 3.05) is 79.0 Å². The first kappa shape index (κ1) is 83.0. The summed E-state index contributed by atoms with van der Waals surface area (Å²) >= 11 is 0. The largest absolute Gasteiger partial charge is 0.465 e. The molecule has 4 amide bonds. The van der Waals surface area contributed by atoms with Gasteiger partial charge in [-0.25, -0.2) is 9.59 Å². The third kappa shape index (κ3) is 39.9. The van der Waals surface area contributed by atoms with Gasteiger partial charge in [-0.3, -0.25) is 57.6 Å². The Hall–Kier alpha value is -7.42. The molecule has 0 aliphatic heterocycles. The van der Waals surface area contributed by atoms with Gasteiger partial charge >= 0.3 is 59.9 Å². The van der Waals surface area contributed by atoms with Crippen LogP contribution in [0.25, 0.3) is 0 Å². The van der Waals surface area contributed by atoms with Crippen molar-refractivity contribution in [3.63, 3.8) is 0 Å². The molecule has 0 saturated heterocycles. The van der Waals surface area contributed by atoms with Gasteiger partial charge in [-0.15, -0.1) is 0 Å². The molecule has 484 valence electrons. The van der Waals surface area contributed by atoms with Crippen LogP contribution in [0.2, 0.25) is 0 Å². The SMILES string of the molecule is CC/C(C)=N\OC(=O)NCCOC(=O)C(C)(C)CC.CC/C(C)=N\OC(=O)NCCOC(=O)C(C)CC.CCOC(=O)C(C(=O)NCCOC(=O)C(C)(C)CC)C(=O)OCC.CCOC(=O)C(C(=O)NCCOC(=O)C(C)CC)C(=O)OCC. The quantitative estimate of drug-likeness (QED) is 0.0112. The lowest BCUT2D eigenvalue weighted by Crippen LogP contribution is -2.43. The number of nitrogens with zero attached hydrogens (tertiary/aromatic N) is 2. The van der Waals surface area contributed by atoms with Crippen molar-refractivity contribution >= 4 is 83.2 Å². The lowest BCUT2D eigenvalue weighted by molar-refractivity contribution is -0.167. The molecule has 0 aromatic carbocycles. The van der Waals surface area contributed by atoms with E-state index in [1.165, 1.54) is 0 Å². The summed E-state index contributed by atoms with van der Waals surface area (Å²) in [5.41, 5.74) is 0.352. The van der Waals surface area contributed by atoms with Crippen LogP contribution in [-0.4, -0.2) is 162 Å². The second-order valence-electron chi connectivity index (χ2n) is 19.1. The standard InChI is InChI=1S/C16H27NO7.C15H25NO7.C13H24N2O4.C12H22N2O4/c1-6-16(4,5)15(21)24-10-9-17-12(18)11(13(19)22-7-2)14(20)23-8-3;1-5-10(4)13(18)23-9-8-16-12(17)11(14(19)21-6-2)15(20)22-7-3;1-6-10(3)15-19-12(17)14-8-9-18-11(16)13(4,5)7-2;1-5-9(3)11(15)17-8-7-13-12(16)18-14-10(4)6-2/h11H,6-10H2,1-5H3,(H,17,18);10-11H,5-9H2,1-4H3,(H,16,17);6-9H2,1-5H3,(H,14,17);9H,5-8H2,1-4H3,(H,13,16)/b;;15-10-;14-10-. The molecule has 0 bridgehead atoms. The number of carbonyl (C=O) groups excluding carboxylic acids is 12. The summed E-state index contributed by atoms with van der Waals surface area (Å²) in [5, 5.41) is 16.8. The molecule has 0 fully saturated rings. The van der Waals surface area contributed by atoms with Crippen LogP contribution < -0.4 is 21.3 Å². The molecule has 0 radical (unpaired) electrons. The first-order chi connectivity index (χ1) is 39.4. The van der Waals surface area contributed by atoms with Crippen LogP contribution in [0.5, 0.6) is 0 Å². The van der Waals surface area contributed by atoms with Crippen molar-refractivity contribution in [3.05, 3.63) is 0 Å². The van der Waals surface area contributed by atoms with E-state index in [-0.39, 0.29) is 115 Å². The fourth-order valence-corrected chi connectivity index (χ4v) is 4.70. The summed E-state index contributed by atoms with van der Waals surface area (Å²) in [5.74, 6) is -10.6. The smallest absolute Gasteiger partial charge is 0.433 e. The number of amides is 4. The van der Waals surface area contributed by atoms with E-state index in [2.05, 4.69) is 41.3 Å². The number of ether oxygens (including phenoxy) is 8. The molecule has 0 spiro atoms. The summed E-state index contributed by atoms with van der Waals surface area (Å²) in [7, 11) is 0. The van der Waals surface area contributed by atoms with Crippen molar-refractivity contribution in [3.8, 4) is 0 Å². The van der Waals surface area contributed by atoms with Gasteiger partial charge in [0.25, 0.3) is 0 Å². The van der Waals surface area contributed by atoms with E-state index in [9.17, 15) is 57.5 Å². The van der Waals surface area contributed by atoms with Crippen LogP contribution in [0, 0.1) is 34.5 Å². The molecule has 28 heteroatoms. The molecule has 84 heavy (non-hydrogen) atoms. The normalized spacial score (nSPS) is 11.7. The molecule has 2 atom stereocenters. The van der Waals surface area contributed by atoms with E-state index in [0.29, 0.717) is 19.3 Å². The van der Waals surface area contributed by atoms with Crippen molar-refractivity contribution in [2.24, 2.45) is 44.8 Å². The van der Waals surface area contributed by atoms with Crippen LogP contribution in [0.1, 0.15) is 163 Å². The van der Waals surface area contributed by atoms with E-state index in [4.69, 9.17) is 37.9 Å². The number of nitrogens with one attached hydrogen (secondary N) is 4. The number of rotatable bonds is 34. The maximum absolute atomic E-state index is 12.0. The summed E-state index contributed by atoms with van der Waals surface area (Å²) in [6, 6.07) is 0. The second-order valence-corrected chi connectivity index (χ2v) is 19.1. The van der Waals surface area contributed by atoms with E-state index in [0.717, 1.165) is 30.7 Å². The molecule has 0 rings (SSSR count). The molecule has 0 aliphatic carbocycles. The third-order valence-electron chi connectivity index (χ3n) is 11.6. The van der Waals surface area contributed by atoms with Gasteiger partial charge in [0.2, 0.25) is 23.7 Å². The molecular formula is C56H98N6O22. The van der Waals surface area contributed by atoms with Gasteiger partial charge in [-0.05, 0) is 108 Å². The predicted molar refractivity (Wildman–Crippen MR) is 306 cm³/mol. The Kier molecular flexibility index (Phi) is 48.5. The fourth-order valence-electron chi connectivity index (χ4n) is 4.70. The number of oxime groups is 2. The Morgan fingerprint density at radius 3 is 0.881 bits per heavy atom. The predicted octanol–water partition coefficient (Wildman–Crippen LogP) is 5.82. The monoisotopic (exact) mass is 1210 g/mol. The van der Waals surface area contributed by atoms with E-state index < -0.39 is 70.5 Å². The molecule has 0 heterocycles. The second kappa shape index (κ2) is 49.0. The van der Waals surface area contributed by atoms with Gasteiger partial charge in [-0.1, -0.05) is 65.7 Å². The van der Waals surface area contributed by atoms with E-state index in [1.807, 2.05) is 55.4 Å². The molecule has 2 unspecified atom stereocenters. The van der Waals surface area contributed by atoms with Gasteiger partial charge < -0.3 is 59.2 Å². The molecule has 28 nitrogen and oxygen atoms in total. The molecular weight excluding hydrogens is 1110 g/mol. The molecule has 4 N–H and O–H groups in total. The number of hydrogen-bond acceptors (Lipinski definition) is 24. The summed E-state index contributed by atoms with van der Waals surface area (Å²) < 4.78 is 38.8. The molecule has 0 aliphatic rings. The van der Waals surface area contributed by atoms with E-state index in [1.54, 1.807) is 69.2 Å². The number of hydrogen-bond donors (Lipinski definition) is 4. The Balaban J connectivity index is -0.000000511. The lowest BCUT2D eigenvalue weighted by Gasteiger charge is -2.20. The summed E-state index contributed by atoms with van der Waals surface area (Å²) in [6.45, 7) is 32.5. The van der Waals surface area contributed by atoms with E-state index >= 15 is 0 Å². The van der Waals surface area contributed by atoms with Crippen molar-refractivity contribution < 1.29 is 105 Å². The highest BCUT2D eigenvalue weighted by Gasteiger charge is 2.38. The van der Waals surface area contributed by atoms with Gasteiger partial charge in [0.05, 0.1) is 86.7 Å². The average molecular weight is 1210 g/mol. The zero-order valence-electron chi connectivity index (χ0n) is 52.9. The molecule has 0 aromatic rings. The van der Waals surface area contributed by atoms with Crippen LogP contribution in [-0.2, 0) is 95.5 Å². The highest BCUT2D eigenvalue weighted by molar-refractivity contribution is 6.15. The number of esters is 8. The molecule has 0 aromatic heterocycles. The van der Waals surface area contributed by atoms with Crippen LogP contribution in [0.3, 0.4) is 0 Å². The van der Waals surface area contributed by atoms with Gasteiger partial charge in [-0.2, -0.15) is 0 Å². The van der Waals surface area contributed by atoms with Crippen LogP contribution >= 0.6 is 0 Å². The first-order valence-corrected chi connectivity index (χ1v) is 28.3. The lowest BCUT2D eigenvalue weighted by atomic mass is 9.91. The fraction of sp³-hybridized carbons (Fsp3) is 0.750.